The van der Waals surface area contributed by atoms with Crippen LogP contribution in [0, 0.1) is 0 Å². The molecule has 1 amide bonds. The van der Waals surface area contributed by atoms with Gasteiger partial charge in [-0.3, -0.25) is 0 Å². The number of amides is 1. The number of ether oxygens (including phenoxy) is 2. The van der Waals surface area contributed by atoms with Gasteiger partial charge in [0.2, 0.25) is 0 Å². The Morgan fingerprint density at radius 3 is 2.37 bits per heavy atom. The summed E-state index contributed by atoms with van der Waals surface area (Å²) in [4.78, 5) is 36.7. The molecule has 27 heavy (non-hydrogen) atoms. The smallest absolute Gasteiger partial charge is 0.414 e. The molecule has 0 aromatic heterocycles. The van der Waals surface area contributed by atoms with Crippen molar-refractivity contribution in [2.24, 2.45) is 0 Å². The van der Waals surface area contributed by atoms with Crippen LogP contribution in [-0.4, -0.2) is 36.5 Å². The van der Waals surface area contributed by atoms with E-state index in [1.807, 2.05) is 6.92 Å². The molecule has 0 bridgehead atoms. The van der Waals surface area contributed by atoms with Crippen LogP contribution >= 0.6 is 0 Å². The molecular weight excluding hydrogens is 350 g/mol. The number of esters is 1. The summed E-state index contributed by atoms with van der Waals surface area (Å²) >= 11 is 0. The Morgan fingerprint density at radius 2 is 1.74 bits per heavy atom. The molecule has 0 fully saturated rings. The van der Waals surface area contributed by atoms with Crippen molar-refractivity contribution >= 4 is 18.0 Å². The number of carbonyl (C=O) groups is 3. The second kappa shape index (κ2) is 8.84. The summed E-state index contributed by atoms with van der Waals surface area (Å²) in [6.07, 6.45) is -1.18. The first kappa shape index (κ1) is 20.0. The van der Waals surface area contributed by atoms with E-state index in [4.69, 9.17) is 9.47 Å². The van der Waals surface area contributed by atoms with Crippen molar-refractivity contribution in [3.63, 3.8) is 0 Å². The Labute approximate surface area is 157 Å². The number of hydrogen-bond donors (Lipinski definition) is 0. The van der Waals surface area contributed by atoms with Crippen LogP contribution in [0.1, 0.15) is 46.2 Å². The van der Waals surface area contributed by atoms with E-state index in [2.05, 4.69) is 0 Å². The third-order valence-corrected chi connectivity index (χ3v) is 3.97. The molecule has 0 heterocycles. The van der Waals surface area contributed by atoms with Gasteiger partial charge in [0.15, 0.2) is 0 Å². The van der Waals surface area contributed by atoms with Crippen LogP contribution in [-0.2, 0) is 4.74 Å². The molecule has 142 valence electrons. The zero-order valence-electron chi connectivity index (χ0n) is 15.3. The lowest BCUT2D eigenvalue weighted by molar-refractivity contribution is -0.255. The molecule has 7 nitrogen and oxygen atoms in total. The Balaban J connectivity index is 2.13. The van der Waals surface area contributed by atoms with E-state index in [0.717, 1.165) is 0 Å². The third kappa shape index (κ3) is 5.07. The lowest BCUT2D eigenvalue weighted by Gasteiger charge is -2.17. The van der Waals surface area contributed by atoms with E-state index < -0.39 is 24.1 Å². The summed E-state index contributed by atoms with van der Waals surface area (Å²) in [6.45, 7) is 3.96. The SMILES string of the molecule is CCN(C)C(=O)Oc1cccc([C@@H](C)OC(=O)c2ccccc2C(=O)[O-])c1. The number of carboxylic acids is 1. The predicted octanol–water partition coefficient (Wildman–Crippen LogP) is 2.42. The fraction of sp³-hybridized carbons (Fsp3) is 0.250. The van der Waals surface area contributed by atoms with E-state index in [0.29, 0.717) is 17.9 Å². The average molecular weight is 370 g/mol. The van der Waals surface area contributed by atoms with Crippen molar-refractivity contribution in [2.75, 3.05) is 13.6 Å². The molecule has 0 saturated heterocycles. The molecule has 1 atom stereocenters. The molecule has 0 aliphatic carbocycles. The molecule has 2 aromatic carbocycles. The number of hydrogen-bond acceptors (Lipinski definition) is 6. The molecule has 0 aliphatic rings. The molecule has 0 unspecified atom stereocenters. The van der Waals surface area contributed by atoms with Crippen LogP contribution in [0.2, 0.25) is 0 Å². The van der Waals surface area contributed by atoms with Gasteiger partial charge in [-0.2, -0.15) is 0 Å². The van der Waals surface area contributed by atoms with E-state index >= 15 is 0 Å². The van der Waals surface area contributed by atoms with Gasteiger partial charge in [0, 0.05) is 19.2 Å². The summed E-state index contributed by atoms with van der Waals surface area (Å²) in [7, 11) is 1.62. The molecule has 7 heteroatoms. The van der Waals surface area contributed by atoms with E-state index in [-0.39, 0.29) is 11.1 Å². The van der Waals surface area contributed by atoms with Crippen LogP contribution in [0.4, 0.5) is 4.79 Å². The minimum atomic E-state index is -1.45. The topological polar surface area (TPSA) is 96.0 Å². The van der Waals surface area contributed by atoms with Crippen LogP contribution in [0.15, 0.2) is 48.5 Å². The molecular formula is C20H20NO6-. The van der Waals surface area contributed by atoms with Crippen molar-refractivity contribution in [2.45, 2.75) is 20.0 Å². The second-order valence-electron chi connectivity index (χ2n) is 5.84. The second-order valence-corrected chi connectivity index (χ2v) is 5.84. The number of benzene rings is 2. The van der Waals surface area contributed by atoms with Gasteiger partial charge in [0.1, 0.15) is 11.9 Å². The first-order chi connectivity index (χ1) is 12.8. The zero-order valence-corrected chi connectivity index (χ0v) is 15.3. The van der Waals surface area contributed by atoms with Crippen LogP contribution in [0.3, 0.4) is 0 Å². The van der Waals surface area contributed by atoms with Crippen molar-refractivity contribution in [3.8, 4) is 5.75 Å². The Hall–Kier alpha value is -3.35. The lowest BCUT2D eigenvalue weighted by atomic mass is 10.1. The first-order valence-corrected chi connectivity index (χ1v) is 8.37. The van der Waals surface area contributed by atoms with Gasteiger partial charge in [-0.1, -0.05) is 30.3 Å². The van der Waals surface area contributed by atoms with E-state index in [9.17, 15) is 19.5 Å². The fourth-order valence-corrected chi connectivity index (χ4v) is 2.27. The van der Waals surface area contributed by atoms with Crippen molar-refractivity contribution in [1.29, 1.82) is 0 Å². The van der Waals surface area contributed by atoms with Crippen molar-refractivity contribution in [3.05, 3.63) is 65.2 Å². The van der Waals surface area contributed by atoms with E-state index in [1.165, 1.54) is 29.2 Å². The van der Waals surface area contributed by atoms with Gasteiger partial charge >= 0.3 is 12.1 Å². The summed E-state index contributed by atoms with van der Waals surface area (Å²) in [5, 5.41) is 11.1. The Bertz CT molecular complexity index is 848. The highest BCUT2D eigenvalue weighted by molar-refractivity contribution is 6.01. The first-order valence-electron chi connectivity index (χ1n) is 8.37. The number of carbonyl (C=O) groups excluding carboxylic acids is 3. The molecule has 2 rings (SSSR count). The normalized spacial score (nSPS) is 11.4. The van der Waals surface area contributed by atoms with Gasteiger partial charge in [0.25, 0.3) is 0 Å². The van der Waals surface area contributed by atoms with Gasteiger partial charge in [0.05, 0.1) is 11.5 Å². The van der Waals surface area contributed by atoms with Gasteiger partial charge in [-0.15, -0.1) is 0 Å². The molecule has 0 N–H and O–H groups in total. The molecule has 0 radical (unpaired) electrons. The minimum Gasteiger partial charge on any atom is -0.545 e. The Kier molecular flexibility index (Phi) is 6.54. The Morgan fingerprint density at radius 1 is 1.07 bits per heavy atom. The summed E-state index contributed by atoms with van der Waals surface area (Å²) in [5.74, 6) is -1.92. The van der Waals surface area contributed by atoms with Crippen molar-refractivity contribution in [1.82, 2.24) is 4.90 Å². The minimum absolute atomic E-state index is 0.0866. The number of aromatic carboxylic acids is 1. The molecule has 0 saturated carbocycles. The molecule has 2 aromatic rings. The number of nitrogens with zero attached hydrogens (tertiary/aromatic N) is 1. The summed E-state index contributed by atoms with van der Waals surface area (Å²) in [5.41, 5.74) is 0.273. The quantitative estimate of drug-likeness (QED) is 0.725. The number of rotatable bonds is 6. The highest BCUT2D eigenvalue weighted by Gasteiger charge is 2.18. The van der Waals surface area contributed by atoms with Gasteiger partial charge in [-0.05, 0) is 37.6 Å². The van der Waals surface area contributed by atoms with Crippen LogP contribution in [0.25, 0.3) is 0 Å². The maximum absolute atomic E-state index is 12.3. The summed E-state index contributed by atoms with van der Waals surface area (Å²) in [6, 6.07) is 12.3. The average Bonchev–Trinajstić information content (AvgIpc) is 2.67. The lowest BCUT2D eigenvalue weighted by Crippen LogP contribution is -2.29. The van der Waals surface area contributed by atoms with Gasteiger partial charge < -0.3 is 24.3 Å². The van der Waals surface area contributed by atoms with Gasteiger partial charge in [-0.25, -0.2) is 9.59 Å². The standard InChI is InChI=1S/C20H21NO6/c1-4-21(3)20(25)27-15-9-7-8-14(12-15)13(2)26-19(24)17-11-6-5-10-16(17)18(22)23/h5-13H,4H2,1-3H3,(H,22,23)/p-1/t13-/m1/s1. The number of carboxylic acid groups (broad SMARTS) is 1. The third-order valence-electron chi connectivity index (χ3n) is 3.97. The highest BCUT2D eigenvalue weighted by atomic mass is 16.6. The largest absolute Gasteiger partial charge is 0.545 e. The fourth-order valence-electron chi connectivity index (χ4n) is 2.27. The monoisotopic (exact) mass is 370 g/mol. The molecule has 0 spiro atoms. The van der Waals surface area contributed by atoms with E-state index in [1.54, 1.807) is 38.2 Å². The van der Waals surface area contributed by atoms with Crippen molar-refractivity contribution < 1.29 is 29.0 Å². The maximum Gasteiger partial charge on any atom is 0.414 e. The maximum atomic E-state index is 12.3. The predicted molar refractivity (Wildman–Crippen MR) is 95.4 cm³/mol. The van der Waals surface area contributed by atoms with Crippen LogP contribution < -0.4 is 9.84 Å². The summed E-state index contributed by atoms with van der Waals surface area (Å²) < 4.78 is 10.6. The molecule has 0 aliphatic heterocycles. The highest BCUT2D eigenvalue weighted by Crippen LogP contribution is 2.24. The van der Waals surface area contributed by atoms with Crippen LogP contribution in [0.5, 0.6) is 5.75 Å². The zero-order chi connectivity index (χ0) is 20.0.